The number of hydrogen-bond acceptors (Lipinski definition) is 4. The first-order valence-electron chi connectivity index (χ1n) is 8.66. The molecule has 1 aromatic heterocycles. The minimum Gasteiger partial charge on any atom is -0.390 e. The third kappa shape index (κ3) is 5.39. The highest BCUT2D eigenvalue weighted by molar-refractivity contribution is 7.99. The normalized spacial score (nSPS) is 11.4. The van der Waals surface area contributed by atoms with Crippen LogP contribution in [0.4, 0.5) is 18.9 Å². The molecule has 2 N–H and O–H groups in total. The lowest BCUT2D eigenvalue weighted by atomic mass is 10.1. The molecule has 0 aliphatic rings. The van der Waals surface area contributed by atoms with Crippen LogP contribution in [0.3, 0.4) is 0 Å². The molecule has 3 rings (SSSR count). The van der Waals surface area contributed by atoms with Crippen LogP contribution in [0.25, 0.3) is 0 Å². The highest BCUT2D eigenvalue weighted by atomic mass is 32.2. The summed E-state index contributed by atoms with van der Waals surface area (Å²) in [6, 6.07) is 14.4. The average Bonchev–Trinajstić information content (AvgIpc) is 3.08. The van der Waals surface area contributed by atoms with E-state index in [1.54, 1.807) is 4.57 Å². The molecule has 0 bridgehead atoms. The van der Waals surface area contributed by atoms with Crippen molar-refractivity contribution in [3.8, 4) is 0 Å². The minimum atomic E-state index is -4.56. The van der Waals surface area contributed by atoms with E-state index in [0.717, 1.165) is 23.4 Å². The van der Waals surface area contributed by atoms with Gasteiger partial charge in [-0.15, -0.1) is 0 Å². The molecule has 152 valence electrons. The molecule has 29 heavy (non-hydrogen) atoms. The second kappa shape index (κ2) is 9.15. The van der Waals surface area contributed by atoms with E-state index in [9.17, 15) is 23.1 Å². The molecular weight excluding hydrogens is 403 g/mol. The molecule has 0 atom stereocenters. The summed E-state index contributed by atoms with van der Waals surface area (Å²) >= 11 is 1.09. The number of thioether (sulfide) groups is 1. The predicted octanol–water partition coefficient (Wildman–Crippen LogP) is 4.17. The maximum atomic E-state index is 13.1. The summed E-state index contributed by atoms with van der Waals surface area (Å²) in [6.07, 6.45) is -3.04. The number of anilines is 1. The summed E-state index contributed by atoms with van der Waals surface area (Å²) in [6.45, 7) is 0.239. The molecule has 0 saturated heterocycles. The van der Waals surface area contributed by atoms with Crippen molar-refractivity contribution in [1.29, 1.82) is 0 Å². The lowest BCUT2D eigenvalue weighted by Gasteiger charge is -2.14. The predicted molar refractivity (Wildman–Crippen MR) is 104 cm³/mol. The van der Waals surface area contributed by atoms with Gasteiger partial charge in [-0.05, 0) is 17.7 Å². The number of halogens is 3. The first kappa shape index (κ1) is 20.9. The average molecular weight is 421 g/mol. The van der Waals surface area contributed by atoms with E-state index in [0.29, 0.717) is 17.4 Å². The van der Waals surface area contributed by atoms with Crippen molar-refractivity contribution in [2.24, 2.45) is 0 Å². The van der Waals surface area contributed by atoms with Crippen molar-refractivity contribution in [3.05, 3.63) is 77.6 Å². The number of nitrogens with one attached hydrogen (secondary N) is 1. The van der Waals surface area contributed by atoms with Gasteiger partial charge >= 0.3 is 6.18 Å². The van der Waals surface area contributed by atoms with Gasteiger partial charge in [-0.1, -0.05) is 54.2 Å². The highest BCUT2D eigenvalue weighted by Crippen LogP contribution is 2.34. The van der Waals surface area contributed by atoms with E-state index in [4.69, 9.17) is 0 Å². The molecule has 0 aliphatic heterocycles. The zero-order valence-corrected chi connectivity index (χ0v) is 16.0. The van der Waals surface area contributed by atoms with E-state index in [1.807, 2.05) is 30.3 Å². The number of aliphatic hydroxyl groups is 1. The molecule has 3 aromatic rings. The number of aromatic nitrogens is 2. The molecule has 0 aliphatic carbocycles. The topological polar surface area (TPSA) is 67.1 Å². The van der Waals surface area contributed by atoms with E-state index in [2.05, 4.69) is 10.3 Å². The first-order chi connectivity index (χ1) is 13.9. The number of benzene rings is 2. The van der Waals surface area contributed by atoms with Crippen molar-refractivity contribution >= 4 is 23.4 Å². The Balaban J connectivity index is 1.69. The molecular formula is C20H18F3N3O2S. The molecule has 9 heteroatoms. The summed E-state index contributed by atoms with van der Waals surface area (Å²) in [5.41, 5.74) is 0.394. The van der Waals surface area contributed by atoms with Crippen LogP contribution in [-0.2, 0) is 24.1 Å². The Kier molecular flexibility index (Phi) is 6.60. The summed E-state index contributed by atoms with van der Waals surface area (Å²) in [5, 5.41) is 12.3. The van der Waals surface area contributed by atoms with Gasteiger partial charge in [0.15, 0.2) is 5.16 Å². The molecule has 1 amide bonds. The Hall–Kier alpha value is -2.78. The van der Waals surface area contributed by atoms with Crippen LogP contribution in [0.5, 0.6) is 0 Å². The van der Waals surface area contributed by atoms with E-state index >= 15 is 0 Å². The highest BCUT2D eigenvalue weighted by Gasteiger charge is 2.33. The van der Waals surface area contributed by atoms with Crippen LogP contribution < -0.4 is 5.32 Å². The summed E-state index contributed by atoms with van der Waals surface area (Å²) in [7, 11) is 0. The number of aliphatic hydroxyl groups excluding tert-OH is 1. The number of imidazole rings is 1. The van der Waals surface area contributed by atoms with Crippen molar-refractivity contribution in [3.63, 3.8) is 0 Å². The maximum absolute atomic E-state index is 13.1. The van der Waals surface area contributed by atoms with E-state index in [-0.39, 0.29) is 18.0 Å². The lowest BCUT2D eigenvalue weighted by Crippen LogP contribution is -2.18. The fraction of sp³-hybridized carbons (Fsp3) is 0.200. The lowest BCUT2D eigenvalue weighted by molar-refractivity contribution is -0.137. The van der Waals surface area contributed by atoms with Gasteiger partial charge in [-0.2, -0.15) is 13.2 Å². The van der Waals surface area contributed by atoms with Crippen molar-refractivity contribution in [2.45, 2.75) is 24.5 Å². The second-order valence-electron chi connectivity index (χ2n) is 6.14. The van der Waals surface area contributed by atoms with Gasteiger partial charge in [-0.25, -0.2) is 4.98 Å². The largest absolute Gasteiger partial charge is 0.418 e. The third-order valence-corrected chi connectivity index (χ3v) is 5.08. The summed E-state index contributed by atoms with van der Waals surface area (Å²) in [5.74, 6) is -0.699. The first-order valence-corrected chi connectivity index (χ1v) is 9.65. The number of rotatable bonds is 7. The van der Waals surface area contributed by atoms with Crippen LogP contribution in [0.1, 0.15) is 16.8 Å². The number of alkyl halides is 3. The molecule has 0 saturated carbocycles. The molecule has 0 fully saturated rings. The van der Waals surface area contributed by atoms with E-state index < -0.39 is 17.6 Å². The number of hydrogen-bond donors (Lipinski definition) is 2. The second-order valence-corrected chi connectivity index (χ2v) is 7.08. The molecule has 5 nitrogen and oxygen atoms in total. The smallest absolute Gasteiger partial charge is 0.390 e. The summed E-state index contributed by atoms with van der Waals surface area (Å²) in [4.78, 5) is 16.5. The Bertz CT molecular complexity index is 975. The van der Waals surface area contributed by atoms with Crippen molar-refractivity contribution < 1.29 is 23.1 Å². The Morgan fingerprint density at radius 3 is 2.48 bits per heavy atom. The van der Waals surface area contributed by atoms with Crippen LogP contribution in [0, 0.1) is 0 Å². The third-order valence-electron chi connectivity index (χ3n) is 4.09. The quantitative estimate of drug-likeness (QED) is 0.562. The number of nitrogens with zero attached hydrogens (tertiary/aromatic N) is 2. The van der Waals surface area contributed by atoms with E-state index in [1.165, 1.54) is 24.4 Å². The maximum Gasteiger partial charge on any atom is 0.418 e. The van der Waals surface area contributed by atoms with Crippen LogP contribution in [0.15, 0.2) is 66.0 Å². The Labute approximate surface area is 169 Å². The SMILES string of the molecule is O=C(CSc1ncc(CO)n1Cc1ccccc1)Nc1ccccc1C(F)(F)F. The van der Waals surface area contributed by atoms with Crippen LogP contribution in [-0.4, -0.2) is 26.3 Å². The van der Waals surface area contributed by atoms with Gasteiger partial charge in [0.2, 0.25) is 5.91 Å². The monoisotopic (exact) mass is 421 g/mol. The zero-order chi connectivity index (χ0) is 20.9. The van der Waals surface area contributed by atoms with Gasteiger partial charge in [0.25, 0.3) is 0 Å². The van der Waals surface area contributed by atoms with Gasteiger partial charge in [0.05, 0.1) is 35.5 Å². The van der Waals surface area contributed by atoms with Crippen LogP contribution in [0.2, 0.25) is 0 Å². The number of para-hydroxylation sites is 1. The Morgan fingerprint density at radius 1 is 1.10 bits per heavy atom. The number of carbonyl (C=O) groups is 1. The molecule has 0 unspecified atom stereocenters. The number of carbonyl (C=O) groups excluding carboxylic acids is 1. The zero-order valence-electron chi connectivity index (χ0n) is 15.2. The standard InChI is InChI=1S/C20H18F3N3O2S/c21-20(22,23)16-8-4-5-9-17(16)25-18(28)13-29-19-24-10-15(12-27)26(19)11-14-6-2-1-3-7-14/h1-10,27H,11-13H2,(H,25,28). The molecule has 0 radical (unpaired) electrons. The van der Waals surface area contributed by atoms with Gasteiger partial charge in [0.1, 0.15) is 0 Å². The molecule has 2 aromatic carbocycles. The fourth-order valence-electron chi connectivity index (χ4n) is 2.72. The van der Waals surface area contributed by atoms with Gasteiger partial charge < -0.3 is 15.0 Å². The van der Waals surface area contributed by atoms with Crippen molar-refractivity contribution in [2.75, 3.05) is 11.1 Å². The Morgan fingerprint density at radius 2 is 1.79 bits per heavy atom. The number of amides is 1. The van der Waals surface area contributed by atoms with Gasteiger partial charge in [-0.3, -0.25) is 4.79 Å². The summed E-state index contributed by atoms with van der Waals surface area (Å²) < 4.78 is 40.9. The fourth-order valence-corrected chi connectivity index (χ4v) is 3.52. The molecule has 1 heterocycles. The van der Waals surface area contributed by atoms with Crippen molar-refractivity contribution in [1.82, 2.24) is 9.55 Å². The van der Waals surface area contributed by atoms with Gasteiger partial charge in [0, 0.05) is 6.54 Å². The minimum absolute atomic E-state index is 0.122. The molecule has 0 spiro atoms. The van der Waals surface area contributed by atoms with Crippen LogP contribution >= 0.6 is 11.8 Å².